The molecule has 0 aromatic heterocycles. The molecule has 2 aliphatic heterocycles. The Hall–Kier alpha value is -2.73. The van der Waals surface area contributed by atoms with Gasteiger partial charge in [0, 0.05) is 39.3 Å². The lowest BCUT2D eigenvalue weighted by Gasteiger charge is -2.41. The number of piperazine rings is 1. The SMILES string of the molecule is N#Cc1cccc(S(=O)(=O)N2CCN(Cc3ccccc3)CC2C(=O)N2CCCC2)c1. The molecule has 4 rings (SSSR count). The van der Waals surface area contributed by atoms with Crippen molar-refractivity contribution in [3.63, 3.8) is 0 Å². The average molecular weight is 439 g/mol. The van der Waals surface area contributed by atoms with Crippen molar-refractivity contribution in [2.45, 2.75) is 30.3 Å². The lowest BCUT2D eigenvalue weighted by molar-refractivity contribution is -0.136. The van der Waals surface area contributed by atoms with Crippen molar-refractivity contribution in [3.05, 3.63) is 65.7 Å². The lowest BCUT2D eigenvalue weighted by Crippen LogP contribution is -2.60. The summed E-state index contributed by atoms with van der Waals surface area (Å²) in [4.78, 5) is 17.3. The maximum atomic E-state index is 13.5. The van der Waals surface area contributed by atoms with E-state index in [1.54, 1.807) is 17.0 Å². The predicted molar refractivity (Wildman–Crippen MR) is 116 cm³/mol. The topological polar surface area (TPSA) is 84.7 Å². The summed E-state index contributed by atoms with van der Waals surface area (Å²) in [6, 6.07) is 17.2. The molecule has 2 saturated heterocycles. The van der Waals surface area contributed by atoms with E-state index in [9.17, 15) is 18.5 Å². The van der Waals surface area contributed by atoms with E-state index in [1.165, 1.54) is 16.4 Å². The van der Waals surface area contributed by atoms with Gasteiger partial charge in [0.2, 0.25) is 15.9 Å². The second-order valence-electron chi connectivity index (χ2n) is 8.02. The standard InChI is InChI=1S/C23H26N4O3S/c24-16-20-9-6-10-21(15-20)31(29,30)27-14-13-25(17-19-7-2-1-3-8-19)18-22(27)23(28)26-11-4-5-12-26/h1-3,6-10,15,22H,4-5,11-14,17-18H2. The van der Waals surface area contributed by atoms with Crippen molar-refractivity contribution in [2.24, 2.45) is 0 Å². The molecule has 8 heteroatoms. The number of carbonyl (C=O) groups excluding carboxylic acids is 1. The van der Waals surface area contributed by atoms with Crippen LogP contribution in [0.2, 0.25) is 0 Å². The van der Waals surface area contributed by atoms with E-state index in [4.69, 9.17) is 0 Å². The molecule has 2 aromatic rings. The lowest BCUT2D eigenvalue weighted by atomic mass is 10.1. The fourth-order valence-electron chi connectivity index (χ4n) is 4.31. The van der Waals surface area contributed by atoms with Crippen LogP contribution in [0.15, 0.2) is 59.5 Å². The second kappa shape index (κ2) is 9.18. The van der Waals surface area contributed by atoms with Crippen LogP contribution in [0.1, 0.15) is 24.0 Å². The Labute approximate surface area is 183 Å². The van der Waals surface area contributed by atoms with Gasteiger partial charge in [-0.3, -0.25) is 9.69 Å². The molecule has 0 spiro atoms. The fourth-order valence-corrected chi connectivity index (χ4v) is 5.92. The summed E-state index contributed by atoms with van der Waals surface area (Å²) in [5.74, 6) is -0.129. The van der Waals surface area contributed by atoms with Crippen LogP contribution in [0.5, 0.6) is 0 Å². The molecule has 2 fully saturated rings. The van der Waals surface area contributed by atoms with Gasteiger partial charge in [0.05, 0.1) is 16.5 Å². The molecule has 0 radical (unpaired) electrons. The first-order valence-corrected chi connectivity index (χ1v) is 12.0. The number of hydrogen-bond acceptors (Lipinski definition) is 5. The Morgan fingerprint density at radius 2 is 1.74 bits per heavy atom. The Kier molecular flexibility index (Phi) is 6.37. The van der Waals surface area contributed by atoms with Crippen LogP contribution in [0.3, 0.4) is 0 Å². The molecular formula is C23H26N4O3S. The molecular weight excluding hydrogens is 412 g/mol. The van der Waals surface area contributed by atoms with Gasteiger partial charge in [-0.2, -0.15) is 9.57 Å². The molecule has 0 N–H and O–H groups in total. The zero-order valence-corrected chi connectivity index (χ0v) is 18.2. The van der Waals surface area contributed by atoms with Crippen molar-refractivity contribution in [2.75, 3.05) is 32.7 Å². The molecule has 1 amide bonds. The van der Waals surface area contributed by atoms with E-state index in [0.29, 0.717) is 32.7 Å². The largest absolute Gasteiger partial charge is 0.341 e. The summed E-state index contributed by atoms with van der Waals surface area (Å²) in [5.41, 5.74) is 1.42. The predicted octanol–water partition coefficient (Wildman–Crippen LogP) is 2.06. The van der Waals surface area contributed by atoms with Crippen LogP contribution < -0.4 is 0 Å². The quantitative estimate of drug-likeness (QED) is 0.713. The van der Waals surface area contributed by atoms with Gasteiger partial charge in [-0.1, -0.05) is 36.4 Å². The third-order valence-corrected chi connectivity index (χ3v) is 7.84. The van der Waals surface area contributed by atoms with E-state index in [0.717, 1.165) is 18.4 Å². The fraction of sp³-hybridized carbons (Fsp3) is 0.391. The van der Waals surface area contributed by atoms with Crippen LogP contribution in [-0.2, 0) is 21.4 Å². The maximum absolute atomic E-state index is 13.5. The first kappa shape index (κ1) is 21.5. The average Bonchev–Trinajstić information content (AvgIpc) is 3.34. The Bertz CT molecular complexity index is 1080. The van der Waals surface area contributed by atoms with Gasteiger partial charge in [-0.15, -0.1) is 0 Å². The summed E-state index contributed by atoms with van der Waals surface area (Å²) in [6.07, 6.45) is 1.90. The summed E-state index contributed by atoms with van der Waals surface area (Å²) < 4.78 is 28.3. The molecule has 2 aliphatic rings. The van der Waals surface area contributed by atoms with E-state index in [2.05, 4.69) is 4.90 Å². The minimum atomic E-state index is -3.91. The number of nitriles is 1. The molecule has 1 atom stereocenters. The maximum Gasteiger partial charge on any atom is 0.243 e. The van der Waals surface area contributed by atoms with Gasteiger partial charge in [-0.25, -0.2) is 8.42 Å². The van der Waals surface area contributed by atoms with Crippen LogP contribution in [0.4, 0.5) is 0 Å². The van der Waals surface area contributed by atoms with Crippen molar-refractivity contribution < 1.29 is 13.2 Å². The van der Waals surface area contributed by atoms with Gasteiger partial charge in [-0.05, 0) is 36.6 Å². The number of nitrogens with zero attached hydrogens (tertiary/aromatic N) is 4. The highest BCUT2D eigenvalue weighted by atomic mass is 32.2. The van der Waals surface area contributed by atoms with E-state index >= 15 is 0 Å². The highest BCUT2D eigenvalue weighted by molar-refractivity contribution is 7.89. The number of carbonyl (C=O) groups is 1. The van der Waals surface area contributed by atoms with Crippen molar-refractivity contribution in [3.8, 4) is 6.07 Å². The summed E-state index contributed by atoms with van der Waals surface area (Å²) in [5, 5.41) is 9.17. The smallest absolute Gasteiger partial charge is 0.243 e. The highest BCUT2D eigenvalue weighted by Crippen LogP contribution is 2.25. The molecule has 31 heavy (non-hydrogen) atoms. The molecule has 7 nitrogen and oxygen atoms in total. The third-order valence-electron chi connectivity index (χ3n) is 5.94. The minimum absolute atomic E-state index is 0.0577. The van der Waals surface area contributed by atoms with Crippen LogP contribution in [0.25, 0.3) is 0 Å². The number of benzene rings is 2. The van der Waals surface area contributed by atoms with Gasteiger partial charge < -0.3 is 4.90 Å². The molecule has 0 aliphatic carbocycles. The van der Waals surface area contributed by atoms with Crippen LogP contribution >= 0.6 is 0 Å². The normalized spacial score (nSPS) is 20.5. The van der Waals surface area contributed by atoms with Crippen LogP contribution in [-0.4, -0.2) is 67.2 Å². The number of rotatable bonds is 5. The van der Waals surface area contributed by atoms with Gasteiger partial charge >= 0.3 is 0 Å². The number of sulfonamides is 1. The molecule has 0 saturated carbocycles. The van der Waals surface area contributed by atoms with Gasteiger partial charge in [0.25, 0.3) is 0 Å². The summed E-state index contributed by atoms with van der Waals surface area (Å²) in [6.45, 7) is 3.13. The molecule has 2 heterocycles. The van der Waals surface area contributed by atoms with E-state index in [-0.39, 0.29) is 22.9 Å². The van der Waals surface area contributed by atoms with Gasteiger partial charge in [0.15, 0.2) is 0 Å². The Morgan fingerprint density at radius 1 is 1.00 bits per heavy atom. The second-order valence-corrected chi connectivity index (χ2v) is 9.91. The summed E-state index contributed by atoms with van der Waals surface area (Å²) >= 11 is 0. The zero-order chi connectivity index (χ0) is 21.8. The van der Waals surface area contributed by atoms with Crippen LogP contribution in [0, 0.1) is 11.3 Å². The highest BCUT2D eigenvalue weighted by Gasteiger charge is 2.42. The molecule has 0 bridgehead atoms. The van der Waals surface area contributed by atoms with Crippen molar-refractivity contribution in [1.82, 2.24) is 14.1 Å². The summed E-state index contributed by atoms with van der Waals surface area (Å²) in [7, 11) is -3.91. The van der Waals surface area contributed by atoms with E-state index in [1.807, 2.05) is 36.4 Å². The Balaban J connectivity index is 1.62. The van der Waals surface area contributed by atoms with Gasteiger partial charge in [0.1, 0.15) is 6.04 Å². The zero-order valence-electron chi connectivity index (χ0n) is 17.4. The van der Waals surface area contributed by atoms with Crippen molar-refractivity contribution >= 4 is 15.9 Å². The number of hydrogen-bond donors (Lipinski definition) is 0. The Morgan fingerprint density at radius 3 is 2.45 bits per heavy atom. The molecule has 1 unspecified atom stereocenters. The minimum Gasteiger partial charge on any atom is -0.341 e. The third kappa shape index (κ3) is 4.64. The first-order valence-electron chi connectivity index (χ1n) is 10.6. The van der Waals surface area contributed by atoms with E-state index < -0.39 is 16.1 Å². The number of amides is 1. The van der Waals surface area contributed by atoms with Crippen molar-refractivity contribution in [1.29, 1.82) is 5.26 Å². The first-order chi connectivity index (χ1) is 15.0. The monoisotopic (exact) mass is 438 g/mol. The number of likely N-dealkylation sites (tertiary alicyclic amines) is 1. The molecule has 2 aromatic carbocycles. The molecule has 162 valence electrons.